The van der Waals surface area contributed by atoms with Gasteiger partial charge in [-0.2, -0.15) is 0 Å². The Bertz CT molecular complexity index is 655. The summed E-state index contributed by atoms with van der Waals surface area (Å²) in [6.07, 6.45) is 2.11. The molecule has 1 aromatic heterocycles. The fraction of sp³-hybridized carbons (Fsp3) is 0.467. The molecular weight excluding hydrogens is 286 g/mol. The molecule has 1 aliphatic rings. The Kier molecular flexibility index (Phi) is 3.96. The van der Waals surface area contributed by atoms with Crippen molar-refractivity contribution in [3.63, 3.8) is 0 Å². The van der Waals surface area contributed by atoms with Gasteiger partial charge in [0, 0.05) is 26.1 Å². The number of benzene rings is 1. The van der Waals surface area contributed by atoms with E-state index in [4.69, 9.17) is 9.72 Å². The van der Waals surface area contributed by atoms with Crippen molar-refractivity contribution in [2.45, 2.75) is 25.8 Å². The van der Waals surface area contributed by atoms with Crippen molar-refractivity contribution in [3.8, 4) is 5.75 Å². The lowest BCUT2D eigenvalue weighted by atomic mass is 10.1. The van der Waals surface area contributed by atoms with E-state index in [1.165, 1.54) is 0 Å². The van der Waals surface area contributed by atoms with Crippen LogP contribution in [0.3, 0.4) is 0 Å². The van der Waals surface area contributed by atoms with Crippen LogP contribution in [0.15, 0.2) is 18.2 Å². The van der Waals surface area contributed by atoms with Crippen LogP contribution in [0.25, 0.3) is 10.2 Å². The summed E-state index contributed by atoms with van der Waals surface area (Å²) >= 11 is 1.68. The van der Waals surface area contributed by atoms with Gasteiger partial charge in [-0.05, 0) is 31.0 Å². The molecule has 0 spiro atoms. The van der Waals surface area contributed by atoms with Crippen LogP contribution in [0.2, 0.25) is 0 Å². The highest BCUT2D eigenvalue weighted by Crippen LogP contribution is 2.32. The van der Waals surface area contributed by atoms with Crippen LogP contribution in [0.5, 0.6) is 5.75 Å². The molecule has 0 aliphatic carbocycles. The molecule has 0 radical (unpaired) electrons. The van der Waals surface area contributed by atoms with Crippen LogP contribution < -0.4 is 15.0 Å². The second-order valence-electron chi connectivity index (χ2n) is 5.32. The summed E-state index contributed by atoms with van der Waals surface area (Å²) in [4.78, 5) is 18.2. The lowest BCUT2D eigenvalue weighted by Crippen LogP contribution is -2.47. The minimum atomic E-state index is 0.0379. The van der Waals surface area contributed by atoms with E-state index in [0.29, 0.717) is 0 Å². The van der Waals surface area contributed by atoms with Crippen molar-refractivity contribution >= 4 is 32.6 Å². The number of hydrogen-bond acceptors (Lipinski definition) is 5. The fourth-order valence-electron chi connectivity index (χ4n) is 2.71. The molecule has 1 fully saturated rings. The smallest absolute Gasteiger partial charge is 0.217 e. The number of carbonyl (C=O) groups excluding carboxylic acids is 1. The Morgan fingerprint density at radius 1 is 1.52 bits per heavy atom. The molecule has 1 saturated heterocycles. The molecule has 6 heteroatoms. The van der Waals surface area contributed by atoms with E-state index < -0.39 is 0 Å². The molecule has 21 heavy (non-hydrogen) atoms. The van der Waals surface area contributed by atoms with Crippen LogP contribution in [0, 0.1) is 0 Å². The van der Waals surface area contributed by atoms with Crippen molar-refractivity contribution in [1.29, 1.82) is 0 Å². The number of rotatable bonds is 3. The Hall–Kier alpha value is -1.82. The molecule has 3 rings (SSSR count). The summed E-state index contributed by atoms with van der Waals surface area (Å²) < 4.78 is 6.39. The third kappa shape index (κ3) is 3.10. The van der Waals surface area contributed by atoms with Gasteiger partial charge in [0.2, 0.25) is 5.91 Å². The summed E-state index contributed by atoms with van der Waals surface area (Å²) in [5.41, 5.74) is 0.998. The second kappa shape index (κ2) is 5.89. The van der Waals surface area contributed by atoms with E-state index >= 15 is 0 Å². The second-order valence-corrected chi connectivity index (χ2v) is 6.32. The highest BCUT2D eigenvalue weighted by atomic mass is 32.1. The number of hydrogen-bond donors (Lipinski definition) is 1. The van der Waals surface area contributed by atoms with Gasteiger partial charge in [-0.3, -0.25) is 4.79 Å². The zero-order valence-electron chi connectivity index (χ0n) is 12.3. The van der Waals surface area contributed by atoms with Gasteiger partial charge in [0.25, 0.3) is 0 Å². The number of anilines is 1. The molecule has 112 valence electrons. The van der Waals surface area contributed by atoms with Crippen molar-refractivity contribution in [1.82, 2.24) is 10.3 Å². The Morgan fingerprint density at radius 2 is 2.38 bits per heavy atom. The first-order chi connectivity index (χ1) is 10.2. The summed E-state index contributed by atoms with van der Waals surface area (Å²) in [5, 5.41) is 4.03. The highest BCUT2D eigenvalue weighted by molar-refractivity contribution is 7.22. The molecule has 2 heterocycles. The average Bonchev–Trinajstić information content (AvgIpc) is 2.89. The van der Waals surface area contributed by atoms with Crippen molar-refractivity contribution < 1.29 is 9.53 Å². The number of methoxy groups -OCH3 is 1. The minimum Gasteiger partial charge on any atom is -0.497 e. The van der Waals surface area contributed by atoms with Gasteiger partial charge in [0.05, 0.1) is 17.3 Å². The number of ether oxygens (including phenoxy) is 1. The maximum atomic E-state index is 11.2. The van der Waals surface area contributed by atoms with E-state index in [0.717, 1.165) is 47.0 Å². The number of piperidine rings is 1. The molecule has 1 unspecified atom stereocenters. The summed E-state index contributed by atoms with van der Waals surface area (Å²) in [6, 6.07) is 6.16. The van der Waals surface area contributed by atoms with E-state index in [-0.39, 0.29) is 11.9 Å². The van der Waals surface area contributed by atoms with Crippen LogP contribution in [-0.4, -0.2) is 37.1 Å². The van der Waals surface area contributed by atoms with E-state index in [1.54, 1.807) is 25.4 Å². The normalized spacial score (nSPS) is 18.8. The summed E-state index contributed by atoms with van der Waals surface area (Å²) in [7, 11) is 1.67. The molecule has 0 saturated carbocycles. The number of nitrogens with zero attached hydrogens (tertiary/aromatic N) is 2. The minimum absolute atomic E-state index is 0.0379. The fourth-order valence-corrected chi connectivity index (χ4v) is 3.74. The molecule has 1 amide bonds. The number of aromatic nitrogens is 1. The van der Waals surface area contributed by atoms with Gasteiger partial charge in [-0.25, -0.2) is 4.98 Å². The molecule has 1 aliphatic heterocycles. The third-order valence-electron chi connectivity index (χ3n) is 3.68. The largest absolute Gasteiger partial charge is 0.497 e. The molecule has 1 N–H and O–H groups in total. The van der Waals surface area contributed by atoms with Crippen molar-refractivity contribution in [2.75, 3.05) is 25.1 Å². The van der Waals surface area contributed by atoms with Crippen molar-refractivity contribution in [3.05, 3.63) is 18.2 Å². The number of fused-ring (bicyclic) bond motifs is 1. The Morgan fingerprint density at radius 3 is 3.14 bits per heavy atom. The molecular formula is C15H19N3O2S. The van der Waals surface area contributed by atoms with E-state index in [1.807, 2.05) is 18.2 Å². The topological polar surface area (TPSA) is 54.5 Å². The van der Waals surface area contributed by atoms with Crippen molar-refractivity contribution in [2.24, 2.45) is 0 Å². The molecule has 1 atom stereocenters. The predicted octanol–water partition coefficient (Wildman–Crippen LogP) is 2.41. The highest BCUT2D eigenvalue weighted by Gasteiger charge is 2.22. The van der Waals surface area contributed by atoms with Gasteiger partial charge in [-0.15, -0.1) is 0 Å². The van der Waals surface area contributed by atoms with Crippen LogP contribution in [0.4, 0.5) is 5.13 Å². The maximum absolute atomic E-state index is 11.2. The molecule has 0 bridgehead atoms. The van der Waals surface area contributed by atoms with Gasteiger partial charge in [0.15, 0.2) is 5.13 Å². The lowest BCUT2D eigenvalue weighted by molar-refractivity contribution is -0.119. The first-order valence-corrected chi connectivity index (χ1v) is 7.94. The van der Waals surface area contributed by atoms with Crippen LogP contribution in [-0.2, 0) is 4.79 Å². The molecule has 2 aromatic rings. The monoisotopic (exact) mass is 305 g/mol. The van der Waals surface area contributed by atoms with E-state index in [2.05, 4.69) is 10.2 Å². The predicted molar refractivity (Wildman–Crippen MR) is 85.2 cm³/mol. The van der Waals surface area contributed by atoms with Gasteiger partial charge < -0.3 is 15.0 Å². The first-order valence-electron chi connectivity index (χ1n) is 7.12. The van der Waals surface area contributed by atoms with E-state index in [9.17, 15) is 4.79 Å². The standard InChI is InChI=1S/C15H19N3O2S/c1-10(19)16-11-4-3-7-18(9-11)15-17-13-6-5-12(20-2)8-14(13)21-15/h5-6,8,11H,3-4,7,9H2,1-2H3,(H,16,19). The quantitative estimate of drug-likeness (QED) is 0.946. The molecule has 1 aromatic carbocycles. The Labute approximate surface area is 127 Å². The Balaban J connectivity index is 1.80. The maximum Gasteiger partial charge on any atom is 0.217 e. The molecule has 5 nitrogen and oxygen atoms in total. The SMILES string of the molecule is COc1ccc2nc(N3CCCC(NC(C)=O)C3)sc2c1. The lowest BCUT2D eigenvalue weighted by Gasteiger charge is -2.32. The van der Waals surface area contributed by atoms with Gasteiger partial charge >= 0.3 is 0 Å². The zero-order valence-corrected chi connectivity index (χ0v) is 13.1. The number of carbonyl (C=O) groups is 1. The van der Waals surface area contributed by atoms with Crippen LogP contribution in [0.1, 0.15) is 19.8 Å². The number of amides is 1. The zero-order chi connectivity index (χ0) is 14.8. The summed E-state index contributed by atoms with van der Waals surface area (Å²) in [5.74, 6) is 0.892. The average molecular weight is 305 g/mol. The third-order valence-corrected chi connectivity index (χ3v) is 4.76. The number of nitrogens with one attached hydrogen (secondary N) is 1. The summed E-state index contributed by atoms with van der Waals surface area (Å²) in [6.45, 7) is 3.40. The van der Waals surface area contributed by atoms with Gasteiger partial charge in [0.1, 0.15) is 5.75 Å². The first kappa shape index (κ1) is 14.1. The number of thiazole rings is 1. The van der Waals surface area contributed by atoms with Gasteiger partial charge in [-0.1, -0.05) is 11.3 Å². The van der Waals surface area contributed by atoms with Crippen LogP contribution >= 0.6 is 11.3 Å².